The first-order valence-electron chi connectivity index (χ1n) is 8.34. The highest BCUT2D eigenvalue weighted by atomic mass is 35.5. The standard InChI is InChI=1S/C20H17ClN4O/c1-2-25-18-9-4-3-8-17(18)23-20(25)24-22-13-16-10-11-19(26-16)14-6-5-7-15(21)12-14/h3-13H,2H2,1H3,(H,23,24)/b22-13-. The molecule has 0 saturated heterocycles. The smallest absolute Gasteiger partial charge is 0.224 e. The van der Waals surface area contributed by atoms with Gasteiger partial charge in [0.1, 0.15) is 11.5 Å². The number of rotatable bonds is 5. The highest BCUT2D eigenvalue weighted by Crippen LogP contribution is 2.24. The Morgan fingerprint density at radius 1 is 1.15 bits per heavy atom. The van der Waals surface area contributed by atoms with Crippen molar-refractivity contribution in [1.29, 1.82) is 0 Å². The number of para-hydroxylation sites is 2. The van der Waals surface area contributed by atoms with Gasteiger partial charge < -0.3 is 8.98 Å². The van der Waals surface area contributed by atoms with Crippen LogP contribution in [0.2, 0.25) is 5.02 Å². The van der Waals surface area contributed by atoms with E-state index in [1.165, 1.54) is 0 Å². The average Bonchev–Trinajstić information content (AvgIpc) is 3.26. The van der Waals surface area contributed by atoms with E-state index < -0.39 is 0 Å². The van der Waals surface area contributed by atoms with E-state index >= 15 is 0 Å². The number of aryl methyl sites for hydroxylation is 1. The molecule has 4 aromatic rings. The summed E-state index contributed by atoms with van der Waals surface area (Å²) in [6.07, 6.45) is 1.63. The fraction of sp³-hybridized carbons (Fsp3) is 0.100. The number of furan rings is 1. The van der Waals surface area contributed by atoms with Gasteiger partial charge in [-0.3, -0.25) is 0 Å². The molecule has 2 aromatic heterocycles. The number of anilines is 1. The Kier molecular flexibility index (Phi) is 4.46. The molecule has 0 atom stereocenters. The Morgan fingerprint density at radius 2 is 2.04 bits per heavy atom. The number of aromatic nitrogens is 2. The summed E-state index contributed by atoms with van der Waals surface area (Å²) in [4.78, 5) is 4.57. The van der Waals surface area contributed by atoms with Crippen molar-refractivity contribution in [2.24, 2.45) is 5.10 Å². The zero-order chi connectivity index (χ0) is 17.9. The zero-order valence-electron chi connectivity index (χ0n) is 14.2. The van der Waals surface area contributed by atoms with Crippen molar-refractivity contribution in [3.05, 3.63) is 71.4 Å². The zero-order valence-corrected chi connectivity index (χ0v) is 14.9. The summed E-state index contributed by atoms with van der Waals surface area (Å²) in [6.45, 7) is 2.88. The van der Waals surface area contributed by atoms with E-state index in [1.54, 1.807) is 6.21 Å². The van der Waals surface area contributed by atoms with Gasteiger partial charge in [0.25, 0.3) is 0 Å². The Hall–Kier alpha value is -3.05. The third kappa shape index (κ3) is 3.21. The first-order chi connectivity index (χ1) is 12.7. The van der Waals surface area contributed by atoms with E-state index in [4.69, 9.17) is 16.0 Å². The third-order valence-electron chi connectivity index (χ3n) is 4.06. The van der Waals surface area contributed by atoms with Crippen LogP contribution in [0.25, 0.3) is 22.4 Å². The van der Waals surface area contributed by atoms with Gasteiger partial charge in [-0.05, 0) is 43.3 Å². The van der Waals surface area contributed by atoms with Crippen LogP contribution in [0.3, 0.4) is 0 Å². The molecule has 26 heavy (non-hydrogen) atoms. The molecule has 0 aliphatic carbocycles. The summed E-state index contributed by atoms with van der Waals surface area (Å²) in [5.41, 5.74) is 5.94. The van der Waals surface area contributed by atoms with Crippen molar-refractivity contribution >= 4 is 34.8 Å². The van der Waals surface area contributed by atoms with Gasteiger partial charge in [0.15, 0.2) is 0 Å². The van der Waals surface area contributed by atoms with Crippen molar-refractivity contribution in [2.75, 3.05) is 5.43 Å². The van der Waals surface area contributed by atoms with Crippen molar-refractivity contribution in [3.8, 4) is 11.3 Å². The molecule has 2 aromatic carbocycles. The molecule has 0 spiro atoms. The van der Waals surface area contributed by atoms with Crippen LogP contribution in [0.4, 0.5) is 5.95 Å². The van der Waals surface area contributed by atoms with E-state index in [9.17, 15) is 0 Å². The van der Waals surface area contributed by atoms with Crippen LogP contribution in [-0.4, -0.2) is 15.8 Å². The minimum absolute atomic E-state index is 0.645. The molecule has 6 heteroatoms. The summed E-state index contributed by atoms with van der Waals surface area (Å²) in [7, 11) is 0. The van der Waals surface area contributed by atoms with Crippen LogP contribution in [-0.2, 0) is 6.54 Å². The molecule has 0 aliphatic heterocycles. The molecule has 5 nitrogen and oxygen atoms in total. The fourth-order valence-electron chi connectivity index (χ4n) is 2.85. The lowest BCUT2D eigenvalue weighted by Gasteiger charge is -2.03. The molecule has 0 amide bonds. The number of nitrogens with one attached hydrogen (secondary N) is 1. The minimum atomic E-state index is 0.645. The second kappa shape index (κ2) is 7.06. The van der Waals surface area contributed by atoms with Crippen LogP contribution in [0.5, 0.6) is 0 Å². The van der Waals surface area contributed by atoms with Gasteiger partial charge in [0, 0.05) is 17.1 Å². The quantitative estimate of drug-likeness (QED) is 0.380. The number of hydrogen-bond donors (Lipinski definition) is 1. The maximum atomic E-state index is 6.03. The predicted octanol–water partition coefficient (Wildman–Crippen LogP) is 5.42. The van der Waals surface area contributed by atoms with Gasteiger partial charge >= 0.3 is 0 Å². The molecule has 1 N–H and O–H groups in total. The van der Waals surface area contributed by atoms with Crippen LogP contribution in [0.15, 0.2) is 70.2 Å². The molecular weight excluding hydrogens is 348 g/mol. The van der Waals surface area contributed by atoms with Crippen LogP contribution in [0.1, 0.15) is 12.7 Å². The molecule has 0 saturated carbocycles. The maximum Gasteiger partial charge on any atom is 0.224 e. The Balaban J connectivity index is 1.53. The largest absolute Gasteiger partial charge is 0.455 e. The van der Waals surface area contributed by atoms with Crippen LogP contribution >= 0.6 is 11.6 Å². The lowest BCUT2D eigenvalue weighted by atomic mass is 10.2. The first kappa shape index (κ1) is 16.4. The molecular formula is C20H17ClN4O. The predicted molar refractivity (Wildman–Crippen MR) is 106 cm³/mol. The molecule has 4 rings (SSSR count). The Morgan fingerprint density at radius 3 is 2.88 bits per heavy atom. The highest BCUT2D eigenvalue weighted by Gasteiger charge is 2.08. The molecule has 0 fully saturated rings. The van der Waals surface area contributed by atoms with Gasteiger partial charge in [-0.25, -0.2) is 10.4 Å². The fourth-order valence-corrected chi connectivity index (χ4v) is 3.04. The van der Waals surface area contributed by atoms with E-state index in [1.807, 2.05) is 60.7 Å². The van der Waals surface area contributed by atoms with Crippen molar-refractivity contribution in [3.63, 3.8) is 0 Å². The average molecular weight is 365 g/mol. The van der Waals surface area contributed by atoms with Gasteiger partial charge in [-0.2, -0.15) is 5.10 Å². The number of nitrogens with zero attached hydrogens (tertiary/aromatic N) is 3. The van der Waals surface area contributed by atoms with Gasteiger partial charge in [0.05, 0.1) is 17.2 Å². The number of benzene rings is 2. The van der Waals surface area contributed by atoms with Crippen molar-refractivity contribution in [2.45, 2.75) is 13.5 Å². The Labute approximate surface area is 155 Å². The van der Waals surface area contributed by atoms with E-state index in [2.05, 4.69) is 27.0 Å². The number of halogens is 1. The van der Waals surface area contributed by atoms with Crippen LogP contribution in [0, 0.1) is 0 Å². The molecule has 0 bridgehead atoms. The SMILES string of the molecule is CCn1c(N/N=C\c2ccc(-c3cccc(Cl)c3)o2)nc2ccccc21. The van der Waals surface area contributed by atoms with E-state index in [0.717, 1.165) is 28.9 Å². The second-order valence-corrected chi connectivity index (χ2v) is 6.19. The van der Waals surface area contributed by atoms with Crippen molar-refractivity contribution < 1.29 is 4.42 Å². The van der Waals surface area contributed by atoms with Crippen molar-refractivity contribution in [1.82, 2.24) is 9.55 Å². The monoisotopic (exact) mass is 364 g/mol. The van der Waals surface area contributed by atoms with Crippen LogP contribution < -0.4 is 5.43 Å². The molecule has 0 unspecified atom stereocenters. The molecule has 2 heterocycles. The third-order valence-corrected chi connectivity index (χ3v) is 4.30. The number of hydrazone groups is 1. The van der Waals surface area contributed by atoms with Gasteiger partial charge in [-0.1, -0.05) is 35.9 Å². The summed E-state index contributed by atoms with van der Waals surface area (Å²) in [6, 6.07) is 19.3. The Bertz CT molecular complexity index is 1080. The summed E-state index contributed by atoms with van der Waals surface area (Å²) >= 11 is 6.03. The topological polar surface area (TPSA) is 55.4 Å². The van der Waals surface area contributed by atoms with E-state index in [-0.39, 0.29) is 0 Å². The second-order valence-electron chi connectivity index (χ2n) is 5.75. The van der Waals surface area contributed by atoms with Gasteiger partial charge in [-0.15, -0.1) is 0 Å². The molecule has 0 aliphatic rings. The maximum absolute atomic E-state index is 6.03. The number of imidazole rings is 1. The normalized spacial score (nSPS) is 11.5. The first-order valence-corrected chi connectivity index (χ1v) is 8.72. The summed E-state index contributed by atoms with van der Waals surface area (Å²) in [5, 5.41) is 4.94. The summed E-state index contributed by atoms with van der Waals surface area (Å²) in [5.74, 6) is 2.09. The lowest BCUT2D eigenvalue weighted by Crippen LogP contribution is -2.01. The highest BCUT2D eigenvalue weighted by molar-refractivity contribution is 6.30. The molecule has 130 valence electrons. The minimum Gasteiger partial charge on any atom is -0.455 e. The van der Waals surface area contributed by atoms with Gasteiger partial charge in [0.2, 0.25) is 5.95 Å². The lowest BCUT2D eigenvalue weighted by molar-refractivity contribution is 0.575. The molecule has 0 radical (unpaired) electrons. The summed E-state index contributed by atoms with van der Waals surface area (Å²) < 4.78 is 7.88. The number of hydrogen-bond acceptors (Lipinski definition) is 4. The van der Waals surface area contributed by atoms with E-state index in [0.29, 0.717) is 16.7 Å². The number of fused-ring (bicyclic) bond motifs is 1.